The predicted octanol–water partition coefficient (Wildman–Crippen LogP) is 5.15. The largest absolute Gasteiger partial charge is 0.357 e. The van der Waals surface area contributed by atoms with Crippen molar-refractivity contribution in [1.82, 2.24) is 4.98 Å². The number of benzene rings is 2. The van der Waals surface area contributed by atoms with Crippen LogP contribution in [0.3, 0.4) is 0 Å². The van der Waals surface area contributed by atoms with Crippen LogP contribution in [0.4, 0.5) is 11.5 Å². The third-order valence-electron chi connectivity index (χ3n) is 5.57. The van der Waals surface area contributed by atoms with Crippen LogP contribution in [-0.4, -0.2) is 24.0 Å². The zero-order chi connectivity index (χ0) is 20.1. The highest BCUT2D eigenvalue weighted by molar-refractivity contribution is 5.92. The van der Waals surface area contributed by atoms with Crippen LogP contribution in [0, 0.1) is 6.92 Å². The number of nitrogens with zero attached hydrogens (tertiary/aromatic N) is 2. The first-order chi connectivity index (χ1) is 14.2. The lowest BCUT2D eigenvalue weighted by molar-refractivity contribution is -0.116. The van der Waals surface area contributed by atoms with E-state index in [9.17, 15) is 4.79 Å². The number of aryl methyl sites for hydroxylation is 1. The third-order valence-corrected chi connectivity index (χ3v) is 5.57. The van der Waals surface area contributed by atoms with Crippen molar-refractivity contribution in [3.63, 3.8) is 0 Å². The minimum absolute atomic E-state index is 0.00142. The number of nitrogens with one attached hydrogen (secondary N) is 1. The first kappa shape index (κ1) is 19.2. The lowest BCUT2D eigenvalue weighted by Crippen LogP contribution is -2.20. The van der Waals surface area contributed by atoms with Crippen LogP contribution < -0.4 is 10.2 Å². The van der Waals surface area contributed by atoms with Gasteiger partial charge in [0.05, 0.1) is 11.4 Å². The van der Waals surface area contributed by atoms with Gasteiger partial charge in [-0.25, -0.2) is 4.98 Å². The Morgan fingerprint density at radius 3 is 2.07 bits per heavy atom. The number of pyridine rings is 1. The summed E-state index contributed by atoms with van der Waals surface area (Å²) in [6.07, 6.45) is 2.83. The van der Waals surface area contributed by atoms with E-state index < -0.39 is 0 Å². The van der Waals surface area contributed by atoms with E-state index in [1.165, 1.54) is 12.8 Å². The second kappa shape index (κ2) is 8.91. The van der Waals surface area contributed by atoms with Crippen molar-refractivity contribution >= 4 is 17.4 Å². The van der Waals surface area contributed by atoms with Crippen molar-refractivity contribution in [2.75, 3.05) is 23.3 Å². The second-order valence-electron chi connectivity index (χ2n) is 7.62. The van der Waals surface area contributed by atoms with Crippen molar-refractivity contribution in [2.45, 2.75) is 32.1 Å². The molecule has 1 aromatic heterocycles. The Morgan fingerprint density at radius 1 is 0.931 bits per heavy atom. The Kier molecular flexibility index (Phi) is 5.89. The maximum atomic E-state index is 12.9. The maximum Gasteiger partial charge on any atom is 0.225 e. The van der Waals surface area contributed by atoms with E-state index in [4.69, 9.17) is 4.98 Å². The molecule has 29 heavy (non-hydrogen) atoms. The number of hydrogen-bond donors (Lipinski definition) is 1. The first-order valence-corrected chi connectivity index (χ1v) is 10.3. The van der Waals surface area contributed by atoms with E-state index in [1.807, 2.05) is 55.5 Å². The second-order valence-corrected chi connectivity index (χ2v) is 7.62. The van der Waals surface area contributed by atoms with Gasteiger partial charge in [-0.05, 0) is 43.0 Å². The minimum atomic E-state index is 0.00142. The summed E-state index contributed by atoms with van der Waals surface area (Å²) in [6, 6.07) is 24.4. The average Bonchev–Trinajstić information content (AvgIpc) is 3.30. The van der Waals surface area contributed by atoms with E-state index >= 15 is 0 Å². The lowest BCUT2D eigenvalue weighted by atomic mass is 9.88. The lowest BCUT2D eigenvalue weighted by Gasteiger charge is -2.20. The van der Waals surface area contributed by atoms with Crippen molar-refractivity contribution < 1.29 is 4.79 Å². The van der Waals surface area contributed by atoms with Crippen LogP contribution in [0.2, 0.25) is 0 Å². The Bertz CT molecular complexity index is 911. The summed E-state index contributed by atoms with van der Waals surface area (Å²) in [7, 11) is 0. The summed E-state index contributed by atoms with van der Waals surface area (Å²) < 4.78 is 0. The number of carbonyl (C=O) groups is 1. The topological polar surface area (TPSA) is 45.2 Å². The molecule has 1 N–H and O–H groups in total. The molecule has 0 spiro atoms. The van der Waals surface area contributed by atoms with Gasteiger partial charge in [0.25, 0.3) is 0 Å². The molecule has 3 aromatic rings. The highest BCUT2D eigenvalue weighted by atomic mass is 16.1. The van der Waals surface area contributed by atoms with Gasteiger partial charge in [0.1, 0.15) is 5.82 Å². The minimum Gasteiger partial charge on any atom is -0.357 e. The Hall–Kier alpha value is -3.14. The number of anilines is 2. The molecule has 0 radical (unpaired) electrons. The normalized spacial score (nSPS) is 13.7. The van der Waals surface area contributed by atoms with Gasteiger partial charge < -0.3 is 10.2 Å². The van der Waals surface area contributed by atoms with Gasteiger partial charge in [-0.2, -0.15) is 0 Å². The van der Waals surface area contributed by atoms with Crippen LogP contribution in [-0.2, 0) is 4.79 Å². The van der Waals surface area contributed by atoms with E-state index in [0.29, 0.717) is 6.42 Å². The summed E-state index contributed by atoms with van der Waals surface area (Å²) in [5.74, 6) is 1.03. The Balaban J connectivity index is 1.50. The molecule has 0 atom stereocenters. The molecule has 0 bridgehead atoms. The maximum absolute atomic E-state index is 12.9. The van der Waals surface area contributed by atoms with Gasteiger partial charge in [-0.3, -0.25) is 4.79 Å². The van der Waals surface area contributed by atoms with E-state index in [2.05, 4.69) is 34.5 Å². The predicted molar refractivity (Wildman–Crippen MR) is 118 cm³/mol. The van der Waals surface area contributed by atoms with Crippen LogP contribution in [0.15, 0.2) is 72.8 Å². The molecule has 2 aromatic carbocycles. The summed E-state index contributed by atoms with van der Waals surface area (Å²) in [4.78, 5) is 19.9. The van der Waals surface area contributed by atoms with Crippen molar-refractivity contribution in [1.29, 1.82) is 0 Å². The Morgan fingerprint density at radius 2 is 1.52 bits per heavy atom. The first-order valence-electron chi connectivity index (χ1n) is 10.3. The molecular weight excluding hydrogens is 358 g/mol. The smallest absolute Gasteiger partial charge is 0.225 e. The summed E-state index contributed by atoms with van der Waals surface area (Å²) in [5.41, 5.74) is 3.94. The molecule has 0 aliphatic carbocycles. The molecule has 148 valence electrons. The van der Waals surface area contributed by atoms with Gasteiger partial charge in [0, 0.05) is 25.4 Å². The van der Waals surface area contributed by atoms with Crippen LogP contribution in [0.5, 0.6) is 0 Å². The fraction of sp³-hybridized carbons (Fsp3) is 0.280. The van der Waals surface area contributed by atoms with Crippen LogP contribution >= 0.6 is 0 Å². The van der Waals surface area contributed by atoms with Crippen molar-refractivity contribution in [3.8, 4) is 0 Å². The highest BCUT2D eigenvalue weighted by Gasteiger charge is 2.19. The zero-order valence-corrected chi connectivity index (χ0v) is 16.8. The monoisotopic (exact) mass is 385 g/mol. The van der Waals surface area contributed by atoms with Gasteiger partial charge in [0.2, 0.25) is 5.91 Å². The molecule has 4 nitrogen and oxygen atoms in total. The van der Waals surface area contributed by atoms with Crippen molar-refractivity contribution in [2.24, 2.45) is 0 Å². The van der Waals surface area contributed by atoms with Crippen LogP contribution in [0.1, 0.15) is 42.0 Å². The molecule has 1 saturated heterocycles. The molecular formula is C25H27N3O. The molecule has 0 unspecified atom stereocenters. The molecule has 1 aliphatic rings. The van der Waals surface area contributed by atoms with Crippen LogP contribution in [0.25, 0.3) is 0 Å². The van der Waals surface area contributed by atoms with E-state index in [1.54, 1.807) is 0 Å². The van der Waals surface area contributed by atoms with Gasteiger partial charge in [-0.1, -0.05) is 60.7 Å². The van der Waals surface area contributed by atoms with E-state index in [-0.39, 0.29) is 11.8 Å². The molecule has 2 heterocycles. The fourth-order valence-electron chi connectivity index (χ4n) is 3.99. The van der Waals surface area contributed by atoms with E-state index in [0.717, 1.165) is 41.4 Å². The van der Waals surface area contributed by atoms with Crippen molar-refractivity contribution in [3.05, 3.63) is 89.6 Å². The number of hydrogen-bond acceptors (Lipinski definition) is 3. The number of rotatable bonds is 6. The van der Waals surface area contributed by atoms with Gasteiger partial charge >= 0.3 is 0 Å². The quantitative estimate of drug-likeness (QED) is 0.638. The average molecular weight is 386 g/mol. The number of amides is 1. The summed E-state index contributed by atoms with van der Waals surface area (Å²) >= 11 is 0. The molecule has 1 fully saturated rings. The molecule has 0 saturated carbocycles. The standard InChI is InChI=1S/C25H27N3O/c1-19-23(14-15-24(26-19)28-16-8-9-17-28)27-25(29)18-22(20-10-4-2-5-11-20)21-12-6-3-7-13-21/h2-7,10-15,22H,8-9,16-18H2,1H3,(H,27,29). The zero-order valence-electron chi connectivity index (χ0n) is 16.8. The fourth-order valence-corrected chi connectivity index (χ4v) is 3.99. The van der Waals surface area contributed by atoms with Gasteiger partial charge in [0.15, 0.2) is 0 Å². The molecule has 4 rings (SSSR count). The molecule has 4 heteroatoms. The summed E-state index contributed by atoms with van der Waals surface area (Å²) in [5, 5.41) is 3.08. The van der Waals surface area contributed by atoms with Gasteiger partial charge in [-0.15, -0.1) is 0 Å². The third kappa shape index (κ3) is 4.65. The Labute approximate surface area is 172 Å². The SMILES string of the molecule is Cc1nc(N2CCCC2)ccc1NC(=O)CC(c1ccccc1)c1ccccc1. The number of aromatic nitrogens is 1. The number of carbonyl (C=O) groups excluding carboxylic acids is 1. The highest BCUT2D eigenvalue weighted by Crippen LogP contribution is 2.29. The molecule has 1 amide bonds. The summed E-state index contributed by atoms with van der Waals surface area (Å²) in [6.45, 7) is 4.09. The molecule has 1 aliphatic heterocycles.